The van der Waals surface area contributed by atoms with E-state index in [1.165, 1.54) is 44.2 Å². The number of thiol groups is 1. The Balaban J connectivity index is 2.06. The lowest BCUT2D eigenvalue weighted by Crippen LogP contribution is -2.40. The van der Waals surface area contributed by atoms with E-state index >= 15 is 0 Å². The summed E-state index contributed by atoms with van der Waals surface area (Å²) in [5, 5.41) is 10.2. The quantitative estimate of drug-likeness (QED) is 0.236. The fraction of sp³-hybridized carbons (Fsp3) is 1.00. The summed E-state index contributed by atoms with van der Waals surface area (Å²) in [6, 6.07) is 2.36. The summed E-state index contributed by atoms with van der Waals surface area (Å²) >= 11 is 4.28. The van der Waals surface area contributed by atoms with Crippen molar-refractivity contribution in [2.45, 2.75) is 82.9 Å². The predicted octanol–water partition coefficient (Wildman–Crippen LogP) is 4.23. The first-order valence-corrected chi connectivity index (χ1v) is 12.3. The Hall–Kier alpha value is 0.407. The minimum absolute atomic E-state index is 0.240. The van der Waals surface area contributed by atoms with Gasteiger partial charge in [0.25, 0.3) is 0 Å². The van der Waals surface area contributed by atoms with E-state index in [0.29, 0.717) is 6.79 Å². The number of unbranched alkanes of at least 4 members (excludes halogenated alkanes) is 4. The maximum Gasteiger partial charge on any atom is 0.147 e. The van der Waals surface area contributed by atoms with Crippen LogP contribution < -0.4 is 0 Å². The number of ether oxygens (including phenoxy) is 2. The Labute approximate surface area is 150 Å². The number of hydrogen-bond donors (Lipinski definition) is 2. The predicted molar refractivity (Wildman–Crippen MR) is 102 cm³/mol. The van der Waals surface area contributed by atoms with E-state index in [-0.39, 0.29) is 6.10 Å². The van der Waals surface area contributed by atoms with Crippen molar-refractivity contribution in [3.63, 3.8) is 0 Å². The van der Waals surface area contributed by atoms with Gasteiger partial charge in [0.05, 0.1) is 6.10 Å². The molecule has 1 heterocycles. The lowest BCUT2D eigenvalue weighted by Gasteiger charge is -2.30. The van der Waals surface area contributed by atoms with E-state index in [2.05, 4.69) is 19.6 Å². The molecule has 0 spiro atoms. The fourth-order valence-corrected chi connectivity index (χ4v) is 6.44. The SMILES string of the molecule is CCCCCCCOCOC1CCC[SiH](CCCS)N(O)CC1. The summed E-state index contributed by atoms with van der Waals surface area (Å²) in [6.07, 6.45) is 10.9. The van der Waals surface area contributed by atoms with Gasteiger partial charge in [0.15, 0.2) is 0 Å². The van der Waals surface area contributed by atoms with E-state index in [4.69, 9.17) is 9.47 Å². The van der Waals surface area contributed by atoms with Gasteiger partial charge in [0.2, 0.25) is 0 Å². The Morgan fingerprint density at radius 2 is 2.00 bits per heavy atom. The molecule has 0 aromatic rings. The first-order chi connectivity index (χ1) is 11.3. The number of hydrogen-bond acceptors (Lipinski definition) is 5. The summed E-state index contributed by atoms with van der Waals surface area (Å²) in [6.45, 7) is 4.20. The molecule has 2 unspecified atom stereocenters. The Morgan fingerprint density at radius 3 is 2.78 bits per heavy atom. The molecule has 0 aromatic heterocycles. The van der Waals surface area contributed by atoms with Crippen molar-refractivity contribution >= 4 is 21.6 Å². The summed E-state index contributed by atoms with van der Waals surface area (Å²) in [7, 11) is -1.14. The average Bonchev–Trinajstić information content (AvgIpc) is 2.55. The van der Waals surface area contributed by atoms with Gasteiger partial charge in [-0.25, -0.2) is 4.73 Å². The number of rotatable bonds is 12. The molecule has 1 N–H and O–H groups in total. The van der Waals surface area contributed by atoms with Crippen molar-refractivity contribution in [3.05, 3.63) is 0 Å². The van der Waals surface area contributed by atoms with Gasteiger partial charge >= 0.3 is 0 Å². The van der Waals surface area contributed by atoms with Crippen LogP contribution in [-0.2, 0) is 9.47 Å². The van der Waals surface area contributed by atoms with Gasteiger partial charge in [-0.15, -0.1) is 0 Å². The molecule has 0 bridgehead atoms. The third-order valence-corrected chi connectivity index (χ3v) is 8.21. The van der Waals surface area contributed by atoms with E-state index < -0.39 is 8.96 Å². The molecule has 1 aliphatic heterocycles. The summed E-state index contributed by atoms with van der Waals surface area (Å²) in [5.41, 5.74) is 0. The van der Waals surface area contributed by atoms with Crippen molar-refractivity contribution < 1.29 is 14.7 Å². The normalized spacial score (nSPS) is 23.6. The molecule has 0 radical (unpaired) electrons. The van der Waals surface area contributed by atoms with Gasteiger partial charge in [-0.3, -0.25) is 0 Å². The molecule has 0 aliphatic carbocycles. The van der Waals surface area contributed by atoms with E-state index in [0.717, 1.165) is 44.6 Å². The molecule has 4 nitrogen and oxygen atoms in total. The minimum Gasteiger partial charge on any atom is -0.355 e. The maximum atomic E-state index is 10.2. The smallest absolute Gasteiger partial charge is 0.147 e. The number of hydroxylamine groups is 1. The van der Waals surface area contributed by atoms with Crippen LogP contribution >= 0.6 is 12.6 Å². The second-order valence-electron chi connectivity index (χ2n) is 6.63. The van der Waals surface area contributed by atoms with Crippen LogP contribution in [0.15, 0.2) is 0 Å². The van der Waals surface area contributed by atoms with Crippen LogP contribution in [0.5, 0.6) is 0 Å². The first-order valence-electron chi connectivity index (χ1n) is 9.53. The standard InChI is InChI=1S/C17H37NO3SSi/c1-2-3-4-5-6-12-20-16-21-17-9-7-14-23(15-8-13-22)18(19)11-10-17/h17,19,22-23H,2-16H2,1H3. The number of nitrogens with zero attached hydrogens (tertiary/aromatic N) is 1. The average molecular weight is 364 g/mol. The first kappa shape index (κ1) is 21.4. The molecule has 1 fully saturated rings. The van der Waals surface area contributed by atoms with Crippen LogP contribution in [0, 0.1) is 0 Å². The maximum absolute atomic E-state index is 10.2. The molecular formula is C17H37NO3SSi. The van der Waals surface area contributed by atoms with Crippen molar-refractivity contribution in [3.8, 4) is 0 Å². The summed E-state index contributed by atoms with van der Waals surface area (Å²) in [5.74, 6) is 0.929. The van der Waals surface area contributed by atoms with Gasteiger partial charge < -0.3 is 14.7 Å². The fourth-order valence-electron chi connectivity index (χ4n) is 3.13. The topological polar surface area (TPSA) is 41.9 Å². The van der Waals surface area contributed by atoms with Crippen molar-refractivity contribution in [2.24, 2.45) is 0 Å². The van der Waals surface area contributed by atoms with Gasteiger partial charge in [0, 0.05) is 13.2 Å². The molecule has 138 valence electrons. The highest BCUT2D eigenvalue weighted by molar-refractivity contribution is 7.80. The Bertz CT molecular complexity index is 274. The lowest BCUT2D eigenvalue weighted by atomic mass is 10.1. The third kappa shape index (κ3) is 10.8. The van der Waals surface area contributed by atoms with Crippen molar-refractivity contribution in [1.29, 1.82) is 0 Å². The molecule has 1 aliphatic rings. The van der Waals surface area contributed by atoms with Gasteiger partial charge in [0.1, 0.15) is 15.8 Å². The highest BCUT2D eigenvalue weighted by Gasteiger charge is 2.23. The molecule has 1 rings (SSSR count). The second kappa shape index (κ2) is 14.7. The Kier molecular flexibility index (Phi) is 13.7. The van der Waals surface area contributed by atoms with E-state index in [1.807, 2.05) is 0 Å². The van der Waals surface area contributed by atoms with Crippen LogP contribution in [0.1, 0.15) is 64.7 Å². The van der Waals surface area contributed by atoms with E-state index in [1.54, 1.807) is 4.73 Å². The van der Waals surface area contributed by atoms with E-state index in [9.17, 15) is 5.21 Å². The van der Waals surface area contributed by atoms with Gasteiger partial charge in [-0.2, -0.15) is 12.6 Å². The molecule has 0 amide bonds. The zero-order valence-corrected chi connectivity index (χ0v) is 17.0. The van der Waals surface area contributed by atoms with Gasteiger partial charge in [-0.1, -0.05) is 39.0 Å². The Morgan fingerprint density at radius 1 is 1.17 bits per heavy atom. The van der Waals surface area contributed by atoms with Crippen LogP contribution in [-0.4, -0.2) is 50.7 Å². The molecule has 1 saturated heterocycles. The zero-order chi connectivity index (χ0) is 16.8. The highest BCUT2D eigenvalue weighted by atomic mass is 32.1. The molecule has 23 heavy (non-hydrogen) atoms. The molecule has 2 atom stereocenters. The summed E-state index contributed by atoms with van der Waals surface area (Å²) in [4.78, 5) is 0. The largest absolute Gasteiger partial charge is 0.355 e. The third-order valence-electron chi connectivity index (χ3n) is 4.64. The zero-order valence-electron chi connectivity index (χ0n) is 14.9. The lowest BCUT2D eigenvalue weighted by molar-refractivity contribution is -0.104. The van der Waals surface area contributed by atoms with Crippen LogP contribution in [0.2, 0.25) is 12.1 Å². The van der Waals surface area contributed by atoms with Crippen LogP contribution in [0.25, 0.3) is 0 Å². The van der Waals surface area contributed by atoms with Crippen molar-refractivity contribution in [2.75, 3.05) is 25.7 Å². The monoisotopic (exact) mass is 363 g/mol. The summed E-state index contributed by atoms with van der Waals surface area (Å²) < 4.78 is 13.1. The van der Waals surface area contributed by atoms with Gasteiger partial charge in [-0.05, 0) is 43.5 Å². The molecular weight excluding hydrogens is 326 g/mol. The van der Waals surface area contributed by atoms with Crippen LogP contribution in [0.3, 0.4) is 0 Å². The molecule has 0 aromatic carbocycles. The van der Waals surface area contributed by atoms with Crippen molar-refractivity contribution in [1.82, 2.24) is 4.73 Å². The molecule has 6 heteroatoms. The molecule has 0 saturated carbocycles. The minimum atomic E-state index is -1.14. The van der Waals surface area contributed by atoms with Crippen LogP contribution in [0.4, 0.5) is 0 Å². The second-order valence-corrected chi connectivity index (χ2v) is 10.1. The highest BCUT2D eigenvalue weighted by Crippen LogP contribution is 2.20.